The molecule has 5 nitrogen and oxygen atoms in total. The Morgan fingerprint density at radius 1 is 1.29 bits per heavy atom. The van der Waals surface area contributed by atoms with E-state index in [4.69, 9.17) is 11.5 Å². The molecule has 0 fully saturated rings. The van der Waals surface area contributed by atoms with E-state index >= 15 is 0 Å². The zero-order chi connectivity index (χ0) is 12.5. The predicted octanol–water partition coefficient (Wildman–Crippen LogP) is 0.992. The van der Waals surface area contributed by atoms with E-state index in [1.807, 2.05) is 18.2 Å². The number of carbonyl (C=O) groups excluding carboxylic acids is 1. The summed E-state index contributed by atoms with van der Waals surface area (Å²) in [6.07, 6.45) is 2.67. The van der Waals surface area contributed by atoms with E-state index in [0.717, 1.165) is 25.0 Å². The number of carbonyl (C=O) groups is 1. The fourth-order valence-electron chi connectivity index (χ4n) is 1.48. The summed E-state index contributed by atoms with van der Waals surface area (Å²) in [5.41, 5.74) is 14.7. The van der Waals surface area contributed by atoms with Gasteiger partial charge < -0.3 is 11.5 Å². The number of aryl methyl sites for hydroxylation is 1. The van der Waals surface area contributed by atoms with E-state index in [1.165, 1.54) is 5.56 Å². The Kier molecular flexibility index (Phi) is 5.74. The molecule has 0 bridgehead atoms. The lowest BCUT2D eigenvalue weighted by atomic mass is 10.1. The summed E-state index contributed by atoms with van der Waals surface area (Å²) in [6.45, 7) is 0.328. The summed E-state index contributed by atoms with van der Waals surface area (Å²) < 4.78 is 0. The molecule has 1 rings (SSSR count). The highest BCUT2D eigenvalue weighted by molar-refractivity contribution is 5.87. The second-order valence-electron chi connectivity index (χ2n) is 3.70. The average molecular weight is 234 g/mol. The maximum absolute atomic E-state index is 10.5. The number of hydrogen-bond acceptors (Lipinski definition) is 3. The molecule has 0 spiro atoms. The average Bonchev–Trinajstić information content (AvgIpc) is 2.34. The van der Waals surface area contributed by atoms with Crippen LogP contribution in [0, 0.1) is 0 Å². The van der Waals surface area contributed by atoms with Crippen LogP contribution in [0.5, 0.6) is 0 Å². The van der Waals surface area contributed by atoms with Crippen LogP contribution in [0.3, 0.4) is 0 Å². The molecule has 0 aliphatic heterocycles. The van der Waals surface area contributed by atoms with Crippen molar-refractivity contribution in [2.24, 2.45) is 16.6 Å². The van der Waals surface area contributed by atoms with Crippen LogP contribution in [-0.4, -0.2) is 18.3 Å². The Hall–Kier alpha value is -1.88. The van der Waals surface area contributed by atoms with Crippen molar-refractivity contribution in [2.45, 2.75) is 19.3 Å². The minimum absolute atomic E-state index is 0.328. The number of hydrogen-bond donors (Lipinski definition) is 3. The Morgan fingerprint density at radius 3 is 2.59 bits per heavy atom. The monoisotopic (exact) mass is 234 g/mol. The van der Waals surface area contributed by atoms with Gasteiger partial charge in [-0.3, -0.25) is 0 Å². The van der Waals surface area contributed by atoms with Crippen LogP contribution < -0.4 is 16.9 Å². The molecule has 5 N–H and O–H groups in total. The molecule has 0 saturated heterocycles. The van der Waals surface area contributed by atoms with E-state index in [1.54, 1.807) is 0 Å². The van der Waals surface area contributed by atoms with Crippen molar-refractivity contribution >= 4 is 11.7 Å². The summed E-state index contributed by atoms with van der Waals surface area (Å²) in [4.78, 5) is 10.5. The highest BCUT2D eigenvalue weighted by atomic mass is 16.2. The first-order chi connectivity index (χ1) is 8.22. The smallest absolute Gasteiger partial charge is 0.332 e. The molecule has 0 aromatic heterocycles. The third-order valence-electron chi connectivity index (χ3n) is 2.33. The molecule has 1 aromatic rings. The van der Waals surface area contributed by atoms with Crippen LogP contribution in [0.1, 0.15) is 18.4 Å². The minimum Gasteiger partial charge on any atom is -0.350 e. The first kappa shape index (κ1) is 13.2. The number of rotatable bonds is 6. The van der Waals surface area contributed by atoms with Gasteiger partial charge in [-0.1, -0.05) is 30.3 Å². The fraction of sp³-hybridized carbons (Fsp3) is 0.333. The van der Waals surface area contributed by atoms with Gasteiger partial charge in [-0.15, -0.1) is 0 Å². The molecule has 0 atom stereocenters. The van der Waals surface area contributed by atoms with E-state index in [9.17, 15) is 4.79 Å². The maximum Gasteiger partial charge on any atom is 0.332 e. The van der Waals surface area contributed by atoms with Gasteiger partial charge in [0.15, 0.2) is 0 Å². The van der Waals surface area contributed by atoms with Crippen LogP contribution in [0.2, 0.25) is 0 Å². The van der Waals surface area contributed by atoms with Gasteiger partial charge in [-0.2, -0.15) is 5.10 Å². The topological polar surface area (TPSA) is 93.5 Å². The third-order valence-corrected chi connectivity index (χ3v) is 2.33. The van der Waals surface area contributed by atoms with Crippen LogP contribution >= 0.6 is 0 Å². The second-order valence-corrected chi connectivity index (χ2v) is 3.70. The Balaban J connectivity index is 2.33. The van der Waals surface area contributed by atoms with E-state index in [-0.39, 0.29) is 0 Å². The van der Waals surface area contributed by atoms with Gasteiger partial charge in [-0.25, -0.2) is 10.2 Å². The SMILES string of the molecule is NCC(CCCc1ccccc1)=NNC(N)=O. The van der Waals surface area contributed by atoms with Gasteiger partial charge in [0.1, 0.15) is 0 Å². The summed E-state index contributed by atoms with van der Waals surface area (Å²) in [5.74, 6) is 0. The zero-order valence-corrected chi connectivity index (χ0v) is 9.73. The zero-order valence-electron chi connectivity index (χ0n) is 9.73. The number of nitrogens with one attached hydrogen (secondary N) is 1. The molecule has 0 unspecified atom stereocenters. The molecule has 5 heteroatoms. The van der Waals surface area contributed by atoms with Crippen molar-refractivity contribution in [2.75, 3.05) is 6.54 Å². The number of benzene rings is 1. The molecule has 0 saturated carbocycles. The Bertz CT molecular complexity index is 375. The van der Waals surface area contributed by atoms with Crippen molar-refractivity contribution in [1.82, 2.24) is 5.43 Å². The normalized spacial score (nSPS) is 11.2. The predicted molar refractivity (Wildman–Crippen MR) is 68.6 cm³/mol. The lowest BCUT2D eigenvalue weighted by Crippen LogP contribution is -2.27. The lowest BCUT2D eigenvalue weighted by Gasteiger charge is -2.04. The summed E-state index contributed by atoms with van der Waals surface area (Å²) in [5, 5.41) is 3.84. The standard InChI is InChI=1S/C12H18N4O/c13-9-11(15-16-12(14)17)8-4-7-10-5-2-1-3-6-10/h1-3,5-6H,4,7-9,13H2,(H3,14,16,17). The van der Waals surface area contributed by atoms with Gasteiger partial charge in [0.2, 0.25) is 0 Å². The number of nitrogens with zero attached hydrogens (tertiary/aromatic N) is 1. The molecule has 17 heavy (non-hydrogen) atoms. The van der Waals surface area contributed by atoms with Crippen LogP contribution in [0.25, 0.3) is 0 Å². The number of hydrazone groups is 1. The number of nitrogens with two attached hydrogens (primary N) is 2. The van der Waals surface area contributed by atoms with E-state index in [2.05, 4.69) is 22.7 Å². The fourth-order valence-corrected chi connectivity index (χ4v) is 1.48. The molecule has 92 valence electrons. The first-order valence-corrected chi connectivity index (χ1v) is 5.57. The summed E-state index contributed by atoms with van der Waals surface area (Å²) in [7, 11) is 0. The van der Waals surface area contributed by atoms with Crippen molar-refractivity contribution in [3.63, 3.8) is 0 Å². The van der Waals surface area contributed by atoms with Gasteiger partial charge in [0.25, 0.3) is 0 Å². The van der Waals surface area contributed by atoms with Crippen LogP contribution in [-0.2, 0) is 6.42 Å². The lowest BCUT2D eigenvalue weighted by molar-refractivity contribution is 0.249. The minimum atomic E-state index is -0.668. The van der Waals surface area contributed by atoms with Crippen molar-refractivity contribution in [3.05, 3.63) is 35.9 Å². The molecule has 0 radical (unpaired) electrons. The quantitative estimate of drug-likeness (QED) is 0.506. The number of primary amides is 1. The van der Waals surface area contributed by atoms with Gasteiger partial charge >= 0.3 is 6.03 Å². The summed E-state index contributed by atoms with van der Waals surface area (Å²) in [6, 6.07) is 9.53. The van der Waals surface area contributed by atoms with E-state index < -0.39 is 6.03 Å². The summed E-state index contributed by atoms with van der Waals surface area (Å²) >= 11 is 0. The molecule has 2 amide bonds. The Labute approximate surface area is 101 Å². The molecule has 0 aliphatic carbocycles. The molecule has 0 heterocycles. The maximum atomic E-state index is 10.5. The van der Waals surface area contributed by atoms with Gasteiger partial charge in [0, 0.05) is 6.54 Å². The number of urea groups is 1. The second kappa shape index (κ2) is 7.40. The van der Waals surface area contributed by atoms with Crippen LogP contribution in [0.15, 0.2) is 35.4 Å². The van der Waals surface area contributed by atoms with Crippen molar-refractivity contribution < 1.29 is 4.79 Å². The largest absolute Gasteiger partial charge is 0.350 e. The third kappa shape index (κ3) is 5.67. The first-order valence-electron chi connectivity index (χ1n) is 5.57. The molecule has 0 aliphatic rings. The molecular formula is C12H18N4O. The molecular weight excluding hydrogens is 216 g/mol. The Morgan fingerprint density at radius 2 is 2.00 bits per heavy atom. The highest BCUT2D eigenvalue weighted by Crippen LogP contribution is 2.04. The van der Waals surface area contributed by atoms with Gasteiger partial charge in [-0.05, 0) is 24.8 Å². The van der Waals surface area contributed by atoms with Crippen molar-refractivity contribution in [3.8, 4) is 0 Å². The van der Waals surface area contributed by atoms with E-state index in [0.29, 0.717) is 6.54 Å². The van der Waals surface area contributed by atoms with Gasteiger partial charge in [0.05, 0.1) is 5.71 Å². The molecule has 1 aromatic carbocycles. The highest BCUT2D eigenvalue weighted by Gasteiger charge is 1.99. The number of amides is 2. The van der Waals surface area contributed by atoms with Crippen LogP contribution in [0.4, 0.5) is 4.79 Å². The van der Waals surface area contributed by atoms with Crippen molar-refractivity contribution in [1.29, 1.82) is 0 Å².